The van der Waals surface area contributed by atoms with Crippen LogP contribution in [0.1, 0.15) is 6.92 Å². The van der Waals surface area contributed by atoms with E-state index in [2.05, 4.69) is 4.74 Å². The van der Waals surface area contributed by atoms with Gasteiger partial charge in [-0.05, 0) is 0 Å². The molecular weight excluding hydrogens is 103 g/mol. The molecule has 0 aliphatic rings. The van der Waals surface area contributed by atoms with Crippen LogP contribution in [0.15, 0.2) is 0 Å². The first kappa shape index (κ1) is 10.9. The van der Waals surface area contributed by atoms with Crippen molar-refractivity contribution in [1.82, 2.24) is 0 Å². The van der Waals surface area contributed by atoms with Gasteiger partial charge in [-0.3, -0.25) is 4.79 Å². The zero-order chi connectivity index (χ0) is 5.70. The summed E-state index contributed by atoms with van der Waals surface area (Å²) in [6, 6.07) is 0. The minimum absolute atomic E-state index is 0. The van der Waals surface area contributed by atoms with Crippen molar-refractivity contribution in [2.24, 2.45) is 0 Å². The molecule has 0 radical (unpaired) electrons. The Bertz CT molecular complexity index is 64.3. The molecule has 0 fully saturated rings. The molecule has 0 aromatic carbocycles. The third-order valence-electron chi connectivity index (χ3n) is 0.389. The average Bonchev–Trinajstić information content (AvgIpc) is 1.61. The quantitative estimate of drug-likeness (QED) is 0.268. The van der Waals surface area contributed by atoms with Gasteiger partial charge in [-0.15, -0.1) is 6.61 Å². The standard InChI is InChI=1S/C4H7O3.Li/c1-4(6)7-3-2-5;/h2-3H2,1H3;/q-1;+1. The van der Waals surface area contributed by atoms with Crippen molar-refractivity contribution < 1.29 is 33.5 Å². The summed E-state index contributed by atoms with van der Waals surface area (Å²) in [5.74, 6) is -0.393. The molecule has 0 bridgehead atoms. The summed E-state index contributed by atoms with van der Waals surface area (Å²) in [6.07, 6.45) is 0. The fourth-order valence-electron chi connectivity index (χ4n) is 0.185. The summed E-state index contributed by atoms with van der Waals surface area (Å²) >= 11 is 0. The summed E-state index contributed by atoms with van der Waals surface area (Å²) in [5.41, 5.74) is 0. The van der Waals surface area contributed by atoms with Crippen LogP contribution in [0.3, 0.4) is 0 Å². The predicted molar refractivity (Wildman–Crippen MR) is 21.5 cm³/mol. The first-order valence-electron chi connectivity index (χ1n) is 1.99. The zero-order valence-electron chi connectivity index (χ0n) is 5.14. The SMILES string of the molecule is CC(=O)OCC[O-].[Li+]. The van der Waals surface area contributed by atoms with E-state index in [-0.39, 0.29) is 32.1 Å². The van der Waals surface area contributed by atoms with Crippen LogP contribution in [0, 0.1) is 0 Å². The monoisotopic (exact) mass is 110 g/mol. The Balaban J connectivity index is 0. The van der Waals surface area contributed by atoms with Crippen molar-refractivity contribution in [3.05, 3.63) is 0 Å². The van der Waals surface area contributed by atoms with Crippen molar-refractivity contribution in [2.45, 2.75) is 6.92 Å². The Morgan fingerprint density at radius 2 is 2.25 bits per heavy atom. The largest absolute Gasteiger partial charge is 1.00 e. The number of carbonyl (C=O) groups is 1. The van der Waals surface area contributed by atoms with Crippen LogP contribution in [0.2, 0.25) is 0 Å². The summed E-state index contributed by atoms with van der Waals surface area (Å²) in [5, 5.41) is 9.56. The molecule has 0 amide bonds. The second-order valence-electron chi connectivity index (χ2n) is 1.04. The smallest absolute Gasteiger partial charge is 0.852 e. The van der Waals surface area contributed by atoms with E-state index in [0.29, 0.717) is 0 Å². The molecule has 0 atom stereocenters. The Labute approximate surface area is 60.2 Å². The summed E-state index contributed by atoms with van der Waals surface area (Å²) in [6.45, 7) is 0.921. The van der Waals surface area contributed by atoms with Crippen molar-refractivity contribution in [2.75, 3.05) is 13.2 Å². The van der Waals surface area contributed by atoms with Crippen LogP contribution in [-0.2, 0) is 9.53 Å². The molecule has 0 rings (SSSR count). The van der Waals surface area contributed by atoms with Crippen LogP contribution in [0.4, 0.5) is 0 Å². The van der Waals surface area contributed by atoms with Gasteiger partial charge in [-0.2, -0.15) is 0 Å². The van der Waals surface area contributed by atoms with Gasteiger partial charge in [0, 0.05) is 6.92 Å². The van der Waals surface area contributed by atoms with Gasteiger partial charge >= 0.3 is 24.8 Å². The van der Waals surface area contributed by atoms with Crippen LogP contribution >= 0.6 is 0 Å². The summed E-state index contributed by atoms with van der Waals surface area (Å²) in [4.78, 5) is 9.84. The molecule has 8 heavy (non-hydrogen) atoms. The Hall–Kier alpha value is 0.0274. The van der Waals surface area contributed by atoms with E-state index in [1.165, 1.54) is 6.92 Å². The van der Waals surface area contributed by atoms with Crippen molar-refractivity contribution in [3.63, 3.8) is 0 Å². The third kappa shape index (κ3) is 9.39. The van der Waals surface area contributed by atoms with E-state index < -0.39 is 5.97 Å². The maximum absolute atomic E-state index is 9.84. The van der Waals surface area contributed by atoms with E-state index in [1.807, 2.05) is 0 Å². The predicted octanol–water partition coefficient (Wildman–Crippen LogP) is -4.09. The molecule has 0 aromatic heterocycles. The molecule has 0 saturated carbocycles. The molecule has 3 nitrogen and oxygen atoms in total. The molecule has 0 aromatic rings. The normalized spacial score (nSPS) is 7.25. The molecule has 0 saturated heterocycles. The third-order valence-corrected chi connectivity index (χ3v) is 0.389. The van der Waals surface area contributed by atoms with E-state index in [4.69, 9.17) is 0 Å². The molecule has 0 unspecified atom stereocenters. The Morgan fingerprint density at radius 1 is 1.75 bits per heavy atom. The first-order chi connectivity index (χ1) is 3.27. The van der Waals surface area contributed by atoms with Gasteiger partial charge in [-0.25, -0.2) is 0 Å². The van der Waals surface area contributed by atoms with Gasteiger partial charge in [0.1, 0.15) is 0 Å². The van der Waals surface area contributed by atoms with Gasteiger partial charge < -0.3 is 9.84 Å². The molecule has 0 aliphatic carbocycles. The first-order valence-corrected chi connectivity index (χ1v) is 1.99. The van der Waals surface area contributed by atoms with Gasteiger partial charge in [0.2, 0.25) is 0 Å². The number of ether oxygens (including phenoxy) is 1. The molecule has 0 aliphatic heterocycles. The molecule has 42 valence electrons. The number of hydrogen-bond acceptors (Lipinski definition) is 3. The minimum atomic E-state index is -0.393. The second-order valence-corrected chi connectivity index (χ2v) is 1.04. The number of carbonyl (C=O) groups excluding carboxylic acids is 1. The van der Waals surface area contributed by atoms with Crippen molar-refractivity contribution in [3.8, 4) is 0 Å². The zero-order valence-corrected chi connectivity index (χ0v) is 5.14. The van der Waals surface area contributed by atoms with E-state index in [9.17, 15) is 9.90 Å². The number of esters is 1. The maximum atomic E-state index is 9.84. The van der Waals surface area contributed by atoms with E-state index in [0.717, 1.165) is 0 Å². The van der Waals surface area contributed by atoms with Gasteiger partial charge in [0.15, 0.2) is 0 Å². The fraction of sp³-hybridized carbons (Fsp3) is 0.750. The summed E-state index contributed by atoms with van der Waals surface area (Å²) in [7, 11) is 0. The second kappa shape index (κ2) is 7.03. The van der Waals surface area contributed by atoms with Crippen LogP contribution in [-0.4, -0.2) is 19.2 Å². The molecule has 4 heteroatoms. The number of hydrogen-bond donors (Lipinski definition) is 0. The van der Waals surface area contributed by atoms with E-state index in [1.54, 1.807) is 0 Å². The average molecular weight is 110 g/mol. The molecular formula is C4H7LiO3. The summed E-state index contributed by atoms with van der Waals surface area (Å²) < 4.78 is 4.24. The topological polar surface area (TPSA) is 49.4 Å². The molecule has 0 N–H and O–H groups in total. The van der Waals surface area contributed by atoms with Crippen molar-refractivity contribution in [1.29, 1.82) is 0 Å². The Morgan fingerprint density at radius 3 is 2.38 bits per heavy atom. The van der Waals surface area contributed by atoms with Crippen LogP contribution in [0.25, 0.3) is 0 Å². The van der Waals surface area contributed by atoms with Crippen LogP contribution < -0.4 is 24.0 Å². The van der Waals surface area contributed by atoms with Gasteiger partial charge in [0.05, 0.1) is 6.61 Å². The minimum Gasteiger partial charge on any atom is -0.852 e. The molecule has 0 spiro atoms. The fourth-order valence-corrected chi connectivity index (χ4v) is 0.185. The Kier molecular flexibility index (Phi) is 9.59. The number of rotatable bonds is 2. The van der Waals surface area contributed by atoms with Gasteiger partial charge in [0.25, 0.3) is 0 Å². The van der Waals surface area contributed by atoms with E-state index >= 15 is 0 Å². The van der Waals surface area contributed by atoms with Gasteiger partial charge in [-0.1, -0.05) is 0 Å². The van der Waals surface area contributed by atoms with Crippen LogP contribution in [0.5, 0.6) is 0 Å². The maximum Gasteiger partial charge on any atom is 1.00 e. The molecule has 0 heterocycles. The van der Waals surface area contributed by atoms with Crippen molar-refractivity contribution >= 4 is 5.97 Å².